The Morgan fingerprint density at radius 3 is 2.00 bits per heavy atom. The fraction of sp³-hybridized carbons (Fsp3) is 1.00. The number of halogens is 4. The molecule has 0 aliphatic heterocycles. The highest BCUT2D eigenvalue weighted by molar-refractivity contribution is 7.98. The Balaban J connectivity index is 0. The van der Waals surface area contributed by atoms with Crippen molar-refractivity contribution in [1.29, 1.82) is 0 Å². The highest BCUT2D eigenvalue weighted by Gasteiger charge is 2.35. The molecule has 2 N–H and O–H groups in total. The number of alkyl halides is 3. The molecule has 1 atom stereocenters. The van der Waals surface area contributed by atoms with Gasteiger partial charge in [-0.2, -0.15) is 24.9 Å². The number of hydrogen-bond acceptors (Lipinski definition) is 2. The summed E-state index contributed by atoms with van der Waals surface area (Å²) in [6, 6.07) is -1.67. The van der Waals surface area contributed by atoms with E-state index in [9.17, 15) is 13.2 Å². The summed E-state index contributed by atoms with van der Waals surface area (Å²) in [5.41, 5.74) is 4.72. The Morgan fingerprint density at radius 2 is 1.90 bits per heavy atom. The van der Waals surface area contributed by atoms with E-state index in [0.29, 0.717) is 0 Å². The maximum Gasteiger partial charge on any atom is 0.404 e. The van der Waals surface area contributed by atoms with Gasteiger partial charge in [0.05, 0.1) is 0 Å². The molecule has 0 aliphatic rings. The molecule has 0 heterocycles. The maximum absolute atomic E-state index is 11.5. The summed E-state index contributed by atoms with van der Waals surface area (Å²) in [6.45, 7) is 0. The average molecular weight is 196 g/mol. The molecule has 10 heavy (non-hydrogen) atoms. The predicted octanol–water partition coefficient (Wildman–Crippen LogP) is 1.66. The van der Waals surface area contributed by atoms with Crippen LogP contribution >= 0.6 is 24.2 Å². The summed E-state index contributed by atoms with van der Waals surface area (Å²) in [5.74, 6) is -0.0660. The fourth-order valence-electron chi connectivity index (χ4n) is 0.274. The normalized spacial score (nSPS) is 14.1. The van der Waals surface area contributed by atoms with E-state index in [-0.39, 0.29) is 18.2 Å². The largest absolute Gasteiger partial charge is 0.404 e. The first-order chi connectivity index (χ1) is 3.98. The van der Waals surface area contributed by atoms with E-state index in [1.54, 1.807) is 6.26 Å². The lowest BCUT2D eigenvalue weighted by Crippen LogP contribution is -2.39. The second kappa shape index (κ2) is 5.09. The number of rotatable bonds is 2. The van der Waals surface area contributed by atoms with Gasteiger partial charge in [-0.25, -0.2) is 0 Å². The van der Waals surface area contributed by atoms with Crippen LogP contribution in [-0.4, -0.2) is 24.2 Å². The second-order valence-electron chi connectivity index (χ2n) is 1.60. The van der Waals surface area contributed by atoms with Crippen LogP contribution in [-0.2, 0) is 0 Å². The number of hydrogen-bond donors (Lipinski definition) is 1. The molecular formula is C4H9ClF3NS. The molecule has 0 rings (SSSR count). The first-order valence-corrected chi connectivity index (χ1v) is 3.69. The molecular weight excluding hydrogens is 187 g/mol. The highest BCUT2D eigenvalue weighted by atomic mass is 35.5. The van der Waals surface area contributed by atoms with Gasteiger partial charge in [-0.05, 0) is 6.26 Å². The summed E-state index contributed by atoms with van der Waals surface area (Å²) in [6.07, 6.45) is -2.64. The summed E-state index contributed by atoms with van der Waals surface area (Å²) in [5, 5.41) is 0. The molecule has 0 saturated heterocycles. The molecule has 0 aromatic heterocycles. The minimum atomic E-state index is -4.23. The van der Waals surface area contributed by atoms with Crippen molar-refractivity contribution in [2.45, 2.75) is 12.2 Å². The molecule has 0 saturated carbocycles. The third-order valence-electron chi connectivity index (χ3n) is 0.767. The lowest BCUT2D eigenvalue weighted by atomic mass is 10.4. The molecule has 0 aromatic carbocycles. The van der Waals surface area contributed by atoms with Crippen molar-refractivity contribution in [2.75, 3.05) is 12.0 Å². The first kappa shape index (κ1) is 13.0. The molecule has 0 radical (unpaired) electrons. The zero-order valence-electron chi connectivity index (χ0n) is 5.31. The van der Waals surface area contributed by atoms with Crippen LogP contribution in [0.2, 0.25) is 0 Å². The second-order valence-corrected chi connectivity index (χ2v) is 2.51. The lowest BCUT2D eigenvalue weighted by Gasteiger charge is -2.12. The van der Waals surface area contributed by atoms with Crippen molar-refractivity contribution in [3.63, 3.8) is 0 Å². The van der Waals surface area contributed by atoms with Gasteiger partial charge in [0.1, 0.15) is 6.04 Å². The highest BCUT2D eigenvalue weighted by Crippen LogP contribution is 2.20. The van der Waals surface area contributed by atoms with Crippen molar-refractivity contribution >= 4 is 24.2 Å². The minimum absolute atomic E-state index is 0. The van der Waals surface area contributed by atoms with Gasteiger partial charge in [-0.15, -0.1) is 12.4 Å². The first-order valence-electron chi connectivity index (χ1n) is 2.29. The van der Waals surface area contributed by atoms with Crippen molar-refractivity contribution in [3.05, 3.63) is 0 Å². The quantitative estimate of drug-likeness (QED) is 0.726. The van der Waals surface area contributed by atoms with Crippen LogP contribution in [0.1, 0.15) is 0 Å². The van der Waals surface area contributed by atoms with Gasteiger partial charge in [-0.1, -0.05) is 0 Å². The number of nitrogens with two attached hydrogens (primary N) is 1. The van der Waals surface area contributed by atoms with Gasteiger partial charge < -0.3 is 5.73 Å². The molecule has 6 heteroatoms. The Bertz CT molecular complexity index is 87.1. The SMILES string of the molecule is CSC[C@H](N)C(F)(F)F.Cl. The molecule has 0 bridgehead atoms. The van der Waals surface area contributed by atoms with Crippen LogP contribution in [0, 0.1) is 0 Å². The van der Waals surface area contributed by atoms with Gasteiger partial charge in [-0.3, -0.25) is 0 Å². The molecule has 64 valence electrons. The van der Waals surface area contributed by atoms with E-state index in [1.165, 1.54) is 0 Å². The molecule has 1 nitrogen and oxygen atoms in total. The smallest absolute Gasteiger partial charge is 0.319 e. The van der Waals surface area contributed by atoms with Crippen molar-refractivity contribution in [2.24, 2.45) is 5.73 Å². The predicted molar refractivity (Wildman–Crippen MR) is 39.7 cm³/mol. The van der Waals surface area contributed by atoms with Crippen molar-refractivity contribution in [3.8, 4) is 0 Å². The van der Waals surface area contributed by atoms with E-state index in [1.807, 2.05) is 0 Å². The Morgan fingerprint density at radius 1 is 1.50 bits per heavy atom. The van der Waals surface area contributed by atoms with E-state index >= 15 is 0 Å². The summed E-state index contributed by atoms with van der Waals surface area (Å²) < 4.78 is 34.5. The van der Waals surface area contributed by atoms with Crippen LogP contribution in [0.5, 0.6) is 0 Å². The molecule has 0 amide bonds. The van der Waals surface area contributed by atoms with Gasteiger partial charge in [0, 0.05) is 5.75 Å². The average Bonchev–Trinajstić information content (AvgIpc) is 1.64. The number of thioether (sulfide) groups is 1. The van der Waals surface area contributed by atoms with Crippen LogP contribution in [0.4, 0.5) is 13.2 Å². The van der Waals surface area contributed by atoms with Crippen LogP contribution in [0.15, 0.2) is 0 Å². The van der Waals surface area contributed by atoms with Crippen LogP contribution in [0.3, 0.4) is 0 Å². The van der Waals surface area contributed by atoms with E-state index in [2.05, 4.69) is 0 Å². The zero-order chi connectivity index (χ0) is 7.49. The van der Waals surface area contributed by atoms with Gasteiger partial charge >= 0.3 is 6.18 Å². The van der Waals surface area contributed by atoms with Gasteiger partial charge in [0.25, 0.3) is 0 Å². The monoisotopic (exact) mass is 195 g/mol. The standard InChI is InChI=1S/C4H8F3NS.ClH/c1-9-2-3(8)4(5,6)7;/h3H,2,8H2,1H3;1H/t3-;/m0./s1. The zero-order valence-corrected chi connectivity index (χ0v) is 6.95. The van der Waals surface area contributed by atoms with Crippen LogP contribution in [0.25, 0.3) is 0 Å². The summed E-state index contributed by atoms with van der Waals surface area (Å²) in [4.78, 5) is 0. The van der Waals surface area contributed by atoms with E-state index < -0.39 is 12.2 Å². The molecule has 0 fully saturated rings. The Labute approximate surface area is 67.9 Å². The summed E-state index contributed by atoms with van der Waals surface area (Å²) in [7, 11) is 0. The van der Waals surface area contributed by atoms with Crippen LogP contribution < -0.4 is 5.73 Å². The summed E-state index contributed by atoms with van der Waals surface area (Å²) >= 11 is 1.09. The van der Waals surface area contributed by atoms with Gasteiger partial charge in [0.15, 0.2) is 0 Å². The molecule has 0 aromatic rings. The Hall–Kier alpha value is 0.390. The van der Waals surface area contributed by atoms with E-state index in [0.717, 1.165) is 11.8 Å². The van der Waals surface area contributed by atoms with E-state index in [4.69, 9.17) is 5.73 Å². The molecule has 0 unspecified atom stereocenters. The molecule has 0 spiro atoms. The lowest BCUT2D eigenvalue weighted by molar-refractivity contribution is -0.142. The topological polar surface area (TPSA) is 26.0 Å². The fourth-order valence-corrected chi connectivity index (χ4v) is 0.822. The third-order valence-corrected chi connectivity index (χ3v) is 1.46. The van der Waals surface area contributed by atoms with Crippen molar-refractivity contribution < 1.29 is 13.2 Å². The van der Waals surface area contributed by atoms with Gasteiger partial charge in [0.2, 0.25) is 0 Å². The Kier molecular flexibility index (Phi) is 6.63. The third kappa shape index (κ3) is 5.20. The molecule has 0 aliphatic carbocycles. The maximum atomic E-state index is 11.5. The minimum Gasteiger partial charge on any atom is -0.319 e. The van der Waals surface area contributed by atoms with Crippen molar-refractivity contribution in [1.82, 2.24) is 0 Å².